The first-order valence-corrected chi connectivity index (χ1v) is 9.87. The first-order chi connectivity index (χ1) is 12.9. The smallest absolute Gasteiger partial charge is 0.224 e. The number of rotatable bonds is 6. The summed E-state index contributed by atoms with van der Waals surface area (Å²) in [4.78, 5) is 26.6. The Morgan fingerprint density at radius 2 is 1.96 bits per heavy atom. The molecule has 0 bridgehead atoms. The highest BCUT2D eigenvalue weighted by Gasteiger charge is 2.24. The molecule has 1 aliphatic rings. The fraction of sp³-hybridized carbons (Fsp3) is 0.400. The third-order valence-corrected chi connectivity index (χ3v) is 5.28. The molecular formula is C20H23FN2O3S. The van der Waals surface area contributed by atoms with Crippen LogP contribution in [0.4, 0.5) is 15.8 Å². The van der Waals surface area contributed by atoms with Crippen LogP contribution < -0.4 is 10.2 Å². The molecule has 1 aliphatic heterocycles. The number of hydrogen-bond acceptors (Lipinski definition) is 5. The largest absolute Gasteiger partial charge is 0.372 e. The quantitative estimate of drug-likeness (QED) is 0.755. The number of hydrogen-bond donors (Lipinski definition) is 1. The molecule has 0 aliphatic carbocycles. The lowest BCUT2D eigenvalue weighted by molar-refractivity contribution is -0.116. The van der Waals surface area contributed by atoms with Crippen LogP contribution in [-0.4, -0.2) is 37.0 Å². The van der Waals surface area contributed by atoms with Crippen LogP contribution >= 0.6 is 11.3 Å². The number of benzene rings is 1. The molecule has 7 heteroatoms. The number of nitrogens with one attached hydrogen (secondary N) is 1. The van der Waals surface area contributed by atoms with E-state index >= 15 is 0 Å². The average Bonchev–Trinajstić information content (AvgIpc) is 3.13. The van der Waals surface area contributed by atoms with Gasteiger partial charge in [0.2, 0.25) is 5.91 Å². The van der Waals surface area contributed by atoms with Gasteiger partial charge in [0, 0.05) is 31.6 Å². The molecule has 0 unspecified atom stereocenters. The molecule has 0 saturated carbocycles. The van der Waals surface area contributed by atoms with Gasteiger partial charge >= 0.3 is 0 Å². The minimum atomic E-state index is -0.385. The summed E-state index contributed by atoms with van der Waals surface area (Å²) in [5.41, 5.74) is 0.891. The number of Topliss-reactive ketones (excluding diaryl/α,β-unsaturated/α-hetero) is 1. The van der Waals surface area contributed by atoms with E-state index in [4.69, 9.17) is 4.74 Å². The van der Waals surface area contributed by atoms with Crippen LogP contribution in [0.5, 0.6) is 0 Å². The maximum absolute atomic E-state index is 14.6. The molecule has 5 nitrogen and oxygen atoms in total. The molecule has 27 heavy (non-hydrogen) atoms. The predicted octanol–water partition coefficient (Wildman–Crippen LogP) is 4.10. The number of nitrogens with zero attached hydrogens (tertiary/aromatic N) is 1. The van der Waals surface area contributed by atoms with E-state index in [-0.39, 0.29) is 42.6 Å². The van der Waals surface area contributed by atoms with Crippen molar-refractivity contribution in [3.05, 3.63) is 46.4 Å². The molecule has 2 heterocycles. The Kier molecular flexibility index (Phi) is 6.23. The van der Waals surface area contributed by atoms with Gasteiger partial charge in [0.25, 0.3) is 0 Å². The van der Waals surface area contributed by atoms with Crippen molar-refractivity contribution in [3.8, 4) is 0 Å². The highest BCUT2D eigenvalue weighted by molar-refractivity contribution is 7.12. The van der Waals surface area contributed by atoms with Crippen molar-refractivity contribution < 1.29 is 18.7 Å². The highest BCUT2D eigenvalue weighted by Crippen LogP contribution is 2.26. The van der Waals surface area contributed by atoms with Crippen molar-refractivity contribution in [2.45, 2.75) is 38.9 Å². The normalized spacial score (nSPS) is 19.7. The molecule has 3 rings (SSSR count). The molecule has 1 aromatic heterocycles. The van der Waals surface area contributed by atoms with E-state index in [9.17, 15) is 14.0 Å². The van der Waals surface area contributed by atoms with Crippen molar-refractivity contribution in [3.63, 3.8) is 0 Å². The van der Waals surface area contributed by atoms with Crippen LogP contribution in [0.15, 0.2) is 35.7 Å². The monoisotopic (exact) mass is 390 g/mol. The second kappa shape index (κ2) is 8.63. The number of ketones is 1. The Bertz CT molecular complexity index is 800. The fourth-order valence-electron chi connectivity index (χ4n) is 3.23. The van der Waals surface area contributed by atoms with E-state index in [1.54, 1.807) is 24.3 Å². The molecule has 1 fully saturated rings. The second-order valence-corrected chi connectivity index (χ2v) is 7.72. The van der Waals surface area contributed by atoms with Crippen LogP contribution in [0.3, 0.4) is 0 Å². The van der Waals surface area contributed by atoms with Gasteiger partial charge in [-0.1, -0.05) is 6.07 Å². The van der Waals surface area contributed by atoms with Crippen LogP contribution in [-0.2, 0) is 9.53 Å². The average molecular weight is 390 g/mol. The lowest BCUT2D eigenvalue weighted by atomic mass is 10.1. The topological polar surface area (TPSA) is 58.6 Å². The predicted molar refractivity (Wildman–Crippen MR) is 105 cm³/mol. The zero-order chi connectivity index (χ0) is 19.4. The molecule has 1 saturated heterocycles. The van der Waals surface area contributed by atoms with Gasteiger partial charge in [0.05, 0.1) is 22.8 Å². The number of thiophene rings is 1. The molecule has 0 spiro atoms. The van der Waals surface area contributed by atoms with Gasteiger partial charge in [-0.05, 0) is 43.5 Å². The van der Waals surface area contributed by atoms with Gasteiger partial charge in [-0.15, -0.1) is 11.3 Å². The maximum Gasteiger partial charge on any atom is 0.224 e. The maximum atomic E-state index is 14.6. The Morgan fingerprint density at radius 3 is 2.59 bits per heavy atom. The lowest BCUT2D eigenvalue weighted by Crippen LogP contribution is -2.45. The van der Waals surface area contributed by atoms with Crippen LogP contribution in [0, 0.1) is 5.82 Å². The summed E-state index contributed by atoms with van der Waals surface area (Å²) in [6.07, 6.45) is 0.275. The van der Waals surface area contributed by atoms with Crippen LogP contribution in [0.25, 0.3) is 0 Å². The standard InChI is InChI=1S/C20H23FN2O3S/c1-13-11-23(12-14(2)26-13)17-6-5-15(10-16(17)21)22-20(25)8-7-18(24)19-4-3-9-27-19/h3-6,9-10,13-14H,7-8,11-12H2,1-2H3,(H,22,25)/t13-,14-/m0/s1. The molecule has 1 N–H and O–H groups in total. The SMILES string of the molecule is C[C@H]1CN(c2ccc(NC(=O)CCC(=O)c3cccs3)cc2F)C[C@H](C)O1. The molecule has 2 aromatic rings. The van der Waals surface area contributed by atoms with Gasteiger partial charge in [-0.25, -0.2) is 4.39 Å². The van der Waals surface area contributed by atoms with E-state index in [1.165, 1.54) is 17.4 Å². The summed E-state index contributed by atoms with van der Waals surface area (Å²) in [6.45, 7) is 5.18. The van der Waals surface area contributed by atoms with Crippen molar-refractivity contribution in [2.24, 2.45) is 0 Å². The van der Waals surface area contributed by atoms with Gasteiger partial charge < -0.3 is 15.0 Å². The number of morpholine rings is 1. The van der Waals surface area contributed by atoms with Gasteiger partial charge in [0.15, 0.2) is 5.78 Å². The number of halogens is 1. The van der Waals surface area contributed by atoms with Crippen molar-refractivity contribution >= 4 is 34.4 Å². The summed E-state index contributed by atoms with van der Waals surface area (Å²) in [5.74, 6) is -0.748. The summed E-state index contributed by atoms with van der Waals surface area (Å²) >= 11 is 1.36. The van der Waals surface area contributed by atoms with E-state index in [0.29, 0.717) is 29.3 Å². The Balaban J connectivity index is 1.57. The fourth-order valence-corrected chi connectivity index (χ4v) is 3.92. The highest BCUT2D eigenvalue weighted by atomic mass is 32.1. The summed E-state index contributed by atoms with van der Waals surface area (Å²) in [6, 6.07) is 8.22. The zero-order valence-electron chi connectivity index (χ0n) is 15.4. The van der Waals surface area contributed by atoms with Crippen molar-refractivity contribution in [1.29, 1.82) is 0 Å². The number of carbonyl (C=O) groups excluding carboxylic acids is 2. The number of amides is 1. The van der Waals surface area contributed by atoms with E-state index in [1.807, 2.05) is 24.1 Å². The second-order valence-electron chi connectivity index (χ2n) is 6.78. The van der Waals surface area contributed by atoms with Crippen LogP contribution in [0.1, 0.15) is 36.4 Å². The van der Waals surface area contributed by atoms with E-state index in [0.717, 1.165) is 0 Å². The molecule has 1 amide bonds. The van der Waals surface area contributed by atoms with E-state index < -0.39 is 0 Å². The van der Waals surface area contributed by atoms with Gasteiger partial charge in [-0.3, -0.25) is 9.59 Å². The Morgan fingerprint density at radius 1 is 1.22 bits per heavy atom. The third kappa shape index (κ3) is 5.14. The number of ether oxygens (including phenoxy) is 1. The molecular weight excluding hydrogens is 367 g/mol. The summed E-state index contributed by atoms with van der Waals surface area (Å²) in [7, 11) is 0. The minimum Gasteiger partial charge on any atom is -0.372 e. The van der Waals surface area contributed by atoms with E-state index in [2.05, 4.69) is 5.32 Å². The molecule has 144 valence electrons. The number of anilines is 2. The Hall–Kier alpha value is -2.25. The van der Waals surface area contributed by atoms with Crippen LogP contribution in [0.2, 0.25) is 0 Å². The van der Waals surface area contributed by atoms with Crippen molar-refractivity contribution in [2.75, 3.05) is 23.3 Å². The van der Waals surface area contributed by atoms with Gasteiger partial charge in [0.1, 0.15) is 5.82 Å². The minimum absolute atomic E-state index is 0.0356. The summed E-state index contributed by atoms with van der Waals surface area (Å²) < 4.78 is 20.2. The lowest BCUT2D eigenvalue weighted by Gasteiger charge is -2.37. The van der Waals surface area contributed by atoms with Crippen molar-refractivity contribution in [1.82, 2.24) is 0 Å². The first-order valence-electron chi connectivity index (χ1n) is 8.99. The summed E-state index contributed by atoms with van der Waals surface area (Å²) in [5, 5.41) is 4.49. The number of carbonyl (C=O) groups is 2. The molecule has 2 atom stereocenters. The first kappa shape index (κ1) is 19.5. The third-order valence-electron chi connectivity index (χ3n) is 4.37. The van der Waals surface area contributed by atoms with Gasteiger partial charge in [-0.2, -0.15) is 0 Å². The molecule has 1 aromatic carbocycles. The molecule has 0 radical (unpaired) electrons. The zero-order valence-corrected chi connectivity index (χ0v) is 16.2. The Labute approximate surface area is 162 Å².